The molecule has 1 aliphatic heterocycles. The Bertz CT molecular complexity index is 288. The van der Waals surface area contributed by atoms with Gasteiger partial charge in [-0.15, -0.1) is 0 Å². The number of furan rings is 1. The summed E-state index contributed by atoms with van der Waals surface area (Å²) >= 11 is 0. The minimum Gasteiger partial charge on any atom is -0.458 e. The molecule has 0 unspecified atom stereocenters. The van der Waals surface area contributed by atoms with Crippen molar-refractivity contribution in [1.29, 1.82) is 0 Å². The van der Waals surface area contributed by atoms with Gasteiger partial charge >= 0.3 is 0 Å². The normalized spacial score (nSPS) is 15.8. The highest BCUT2D eigenvalue weighted by Gasteiger charge is 2.16. The Labute approximate surface area is 70.3 Å². The summed E-state index contributed by atoms with van der Waals surface area (Å²) in [5.74, 6) is 1.33. The van der Waals surface area contributed by atoms with Gasteiger partial charge in [-0.05, 0) is 6.07 Å². The molecule has 12 heavy (non-hydrogen) atoms. The first-order valence-electron chi connectivity index (χ1n) is 3.97. The average Bonchev–Trinajstić information content (AvgIpc) is 2.46. The molecular weight excluding hydrogens is 156 g/mol. The Morgan fingerprint density at radius 3 is 3.08 bits per heavy atom. The molecule has 0 aliphatic carbocycles. The van der Waals surface area contributed by atoms with Crippen LogP contribution in [0.3, 0.4) is 0 Å². The zero-order valence-electron chi connectivity index (χ0n) is 6.92. The van der Waals surface area contributed by atoms with Crippen LogP contribution in [0.25, 0.3) is 0 Å². The lowest BCUT2D eigenvalue weighted by atomic mass is 10.2. The van der Waals surface area contributed by atoms with Crippen LogP contribution in [0, 0.1) is 0 Å². The maximum Gasteiger partial charge on any atom is 0.194 e. The van der Waals surface area contributed by atoms with Gasteiger partial charge in [-0.25, -0.2) is 0 Å². The zero-order chi connectivity index (χ0) is 8.55. The number of Topliss-reactive ketones (excluding diaryl/α,β-unsaturated/α-hetero) is 1. The van der Waals surface area contributed by atoms with Crippen LogP contribution in [0.2, 0.25) is 0 Å². The number of hydrogen-bond donors (Lipinski definition) is 0. The van der Waals surface area contributed by atoms with Gasteiger partial charge in [0.15, 0.2) is 11.5 Å². The molecule has 0 fully saturated rings. The molecule has 1 aromatic heterocycles. The number of rotatable bonds is 1. The third-order valence-electron chi connectivity index (χ3n) is 1.97. The van der Waals surface area contributed by atoms with E-state index in [9.17, 15) is 4.79 Å². The Hall–Kier alpha value is -1.09. The highest BCUT2D eigenvalue weighted by molar-refractivity contribution is 5.91. The smallest absolute Gasteiger partial charge is 0.194 e. The molecule has 0 radical (unpaired) electrons. The molecule has 64 valence electrons. The Balaban J connectivity index is 2.38. The monoisotopic (exact) mass is 166 g/mol. The van der Waals surface area contributed by atoms with Gasteiger partial charge in [-0.2, -0.15) is 0 Å². The zero-order valence-corrected chi connectivity index (χ0v) is 6.92. The van der Waals surface area contributed by atoms with Gasteiger partial charge in [-0.1, -0.05) is 0 Å². The molecule has 1 aliphatic rings. The lowest BCUT2D eigenvalue weighted by Gasteiger charge is -2.08. The second-order valence-corrected chi connectivity index (χ2v) is 2.92. The van der Waals surface area contributed by atoms with Gasteiger partial charge in [0, 0.05) is 18.9 Å². The molecule has 3 nitrogen and oxygen atoms in total. The van der Waals surface area contributed by atoms with Crippen LogP contribution >= 0.6 is 0 Å². The van der Waals surface area contributed by atoms with Crippen molar-refractivity contribution in [3.8, 4) is 0 Å². The SMILES string of the molecule is CC(=O)c1cc2c(o1)CCOC2. The van der Waals surface area contributed by atoms with Crippen molar-refractivity contribution in [2.24, 2.45) is 0 Å². The number of ether oxygens (including phenoxy) is 1. The molecule has 0 spiro atoms. The van der Waals surface area contributed by atoms with Crippen LogP contribution in [-0.2, 0) is 17.8 Å². The number of hydrogen-bond acceptors (Lipinski definition) is 3. The van der Waals surface area contributed by atoms with Crippen molar-refractivity contribution in [3.05, 3.63) is 23.2 Å². The lowest BCUT2D eigenvalue weighted by molar-refractivity contribution is 0.0965. The van der Waals surface area contributed by atoms with Gasteiger partial charge in [-0.3, -0.25) is 4.79 Å². The van der Waals surface area contributed by atoms with Crippen LogP contribution in [0.15, 0.2) is 10.5 Å². The minimum absolute atomic E-state index is 0.0237. The summed E-state index contributed by atoms with van der Waals surface area (Å²) < 4.78 is 10.6. The molecule has 0 bridgehead atoms. The van der Waals surface area contributed by atoms with E-state index in [1.54, 1.807) is 6.07 Å². The predicted molar refractivity (Wildman–Crippen MR) is 42.1 cm³/mol. The number of fused-ring (bicyclic) bond motifs is 1. The highest BCUT2D eigenvalue weighted by atomic mass is 16.5. The summed E-state index contributed by atoms with van der Waals surface area (Å²) in [5.41, 5.74) is 1.02. The first-order chi connectivity index (χ1) is 5.77. The van der Waals surface area contributed by atoms with E-state index in [1.807, 2.05) is 0 Å². The van der Waals surface area contributed by atoms with Gasteiger partial charge in [0.05, 0.1) is 13.2 Å². The topological polar surface area (TPSA) is 39.4 Å². The number of carbonyl (C=O) groups is 1. The van der Waals surface area contributed by atoms with Crippen molar-refractivity contribution < 1.29 is 13.9 Å². The molecule has 1 aromatic rings. The third-order valence-corrected chi connectivity index (χ3v) is 1.97. The first-order valence-corrected chi connectivity index (χ1v) is 3.97. The van der Waals surface area contributed by atoms with E-state index >= 15 is 0 Å². The van der Waals surface area contributed by atoms with Gasteiger partial charge in [0.1, 0.15) is 5.76 Å². The van der Waals surface area contributed by atoms with Gasteiger partial charge < -0.3 is 9.15 Å². The Morgan fingerprint density at radius 1 is 1.58 bits per heavy atom. The fourth-order valence-electron chi connectivity index (χ4n) is 1.32. The van der Waals surface area contributed by atoms with Crippen molar-refractivity contribution in [1.82, 2.24) is 0 Å². The second kappa shape index (κ2) is 2.75. The van der Waals surface area contributed by atoms with Crippen LogP contribution in [0.1, 0.15) is 28.8 Å². The Morgan fingerprint density at radius 2 is 2.42 bits per heavy atom. The predicted octanol–water partition coefficient (Wildman–Crippen LogP) is 1.55. The quantitative estimate of drug-likeness (QED) is 0.594. The van der Waals surface area contributed by atoms with Crippen molar-refractivity contribution in [2.75, 3.05) is 6.61 Å². The van der Waals surface area contributed by atoms with Crippen LogP contribution in [-0.4, -0.2) is 12.4 Å². The second-order valence-electron chi connectivity index (χ2n) is 2.92. The molecule has 0 amide bonds. The molecule has 3 heteroatoms. The summed E-state index contributed by atoms with van der Waals surface area (Å²) in [6.45, 7) is 2.77. The van der Waals surface area contributed by atoms with Crippen molar-refractivity contribution in [2.45, 2.75) is 20.0 Å². The maximum atomic E-state index is 10.9. The molecule has 0 atom stereocenters. The van der Waals surface area contributed by atoms with E-state index in [-0.39, 0.29) is 5.78 Å². The summed E-state index contributed by atoms with van der Waals surface area (Å²) in [5, 5.41) is 0. The average molecular weight is 166 g/mol. The van der Waals surface area contributed by atoms with E-state index in [1.165, 1.54) is 6.92 Å². The van der Waals surface area contributed by atoms with E-state index in [0.717, 1.165) is 17.7 Å². The molecule has 0 saturated heterocycles. The summed E-state index contributed by atoms with van der Waals surface area (Å²) in [7, 11) is 0. The van der Waals surface area contributed by atoms with Crippen LogP contribution in [0.4, 0.5) is 0 Å². The number of ketones is 1. The molecule has 0 aromatic carbocycles. The van der Waals surface area contributed by atoms with E-state index in [4.69, 9.17) is 9.15 Å². The standard InChI is InChI=1S/C9H10O3/c1-6(10)9-4-7-5-11-3-2-8(7)12-9/h4H,2-3,5H2,1H3. The minimum atomic E-state index is -0.0237. The van der Waals surface area contributed by atoms with E-state index < -0.39 is 0 Å². The highest BCUT2D eigenvalue weighted by Crippen LogP contribution is 2.21. The molecule has 0 N–H and O–H groups in total. The largest absolute Gasteiger partial charge is 0.458 e. The number of carbonyl (C=O) groups excluding carboxylic acids is 1. The van der Waals surface area contributed by atoms with Crippen LogP contribution < -0.4 is 0 Å². The first kappa shape index (κ1) is 7.55. The third kappa shape index (κ3) is 1.16. The summed E-state index contributed by atoms with van der Waals surface area (Å²) in [6, 6.07) is 1.77. The summed E-state index contributed by atoms with van der Waals surface area (Å²) in [4.78, 5) is 10.9. The fourth-order valence-corrected chi connectivity index (χ4v) is 1.32. The van der Waals surface area contributed by atoms with Crippen molar-refractivity contribution in [3.63, 3.8) is 0 Å². The Kier molecular flexibility index (Phi) is 1.73. The molecule has 2 heterocycles. The van der Waals surface area contributed by atoms with Crippen LogP contribution in [0.5, 0.6) is 0 Å². The van der Waals surface area contributed by atoms with Gasteiger partial charge in [0.25, 0.3) is 0 Å². The van der Waals surface area contributed by atoms with E-state index in [0.29, 0.717) is 19.0 Å². The van der Waals surface area contributed by atoms with Gasteiger partial charge in [0.2, 0.25) is 0 Å². The van der Waals surface area contributed by atoms with Crippen molar-refractivity contribution >= 4 is 5.78 Å². The molecular formula is C9H10O3. The molecule has 2 rings (SSSR count). The van der Waals surface area contributed by atoms with E-state index in [2.05, 4.69) is 0 Å². The fraction of sp³-hybridized carbons (Fsp3) is 0.444. The molecule has 0 saturated carbocycles. The lowest BCUT2D eigenvalue weighted by Crippen LogP contribution is -2.06. The summed E-state index contributed by atoms with van der Waals surface area (Å²) in [6.07, 6.45) is 0.780. The maximum absolute atomic E-state index is 10.9.